The normalized spacial score (nSPS) is 20.6. The molecule has 1 unspecified atom stereocenters. The van der Waals surface area contributed by atoms with Crippen molar-refractivity contribution in [1.82, 2.24) is 14.8 Å². The molecule has 1 aliphatic rings. The van der Waals surface area contributed by atoms with E-state index >= 15 is 0 Å². The molecule has 0 bridgehead atoms. The van der Waals surface area contributed by atoms with Crippen LogP contribution in [0, 0.1) is 5.92 Å². The molecule has 16 heavy (non-hydrogen) atoms. The van der Waals surface area contributed by atoms with Gasteiger partial charge in [-0.25, -0.2) is 4.98 Å². The van der Waals surface area contributed by atoms with Crippen LogP contribution >= 0.6 is 0 Å². The Morgan fingerprint density at radius 1 is 1.38 bits per heavy atom. The molecule has 1 atom stereocenters. The minimum atomic E-state index is -0.249. The van der Waals surface area contributed by atoms with E-state index in [1.165, 1.54) is 38.5 Å². The highest BCUT2D eigenvalue weighted by Gasteiger charge is 2.22. The van der Waals surface area contributed by atoms with E-state index in [4.69, 9.17) is 0 Å². The maximum absolute atomic E-state index is 10.2. The van der Waals surface area contributed by atoms with Crippen molar-refractivity contribution in [1.29, 1.82) is 0 Å². The van der Waals surface area contributed by atoms with E-state index in [2.05, 4.69) is 10.1 Å². The highest BCUT2D eigenvalue weighted by atomic mass is 16.3. The van der Waals surface area contributed by atoms with Crippen LogP contribution in [-0.2, 0) is 13.5 Å². The van der Waals surface area contributed by atoms with Crippen LogP contribution in [0.2, 0.25) is 0 Å². The summed E-state index contributed by atoms with van der Waals surface area (Å²) in [6, 6.07) is 0. The molecule has 1 fully saturated rings. The maximum Gasteiger partial charge on any atom is 0.138 e. The van der Waals surface area contributed by atoms with Crippen LogP contribution in [0.3, 0.4) is 0 Å². The first kappa shape index (κ1) is 11.6. The van der Waals surface area contributed by atoms with E-state index in [0.29, 0.717) is 12.3 Å². The summed E-state index contributed by atoms with van der Waals surface area (Å²) in [6.07, 6.45) is 9.46. The summed E-state index contributed by atoms with van der Waals surface area (Å²) in [6.45, 7) is 0. The van der Waals surface area contributed by atoms with Crippen molar-refractivity contribution in [3.8, 4) is 0 Å². The fraction of sp³-hybridized carbons (Fsp3) is 0.833. The van der Waals surface area contributed by atoms with Crippen LogP contribution in [0.15, 0.2) is 6.33 Å². The molecule has 0 spiro atoms. The Balaban J connectivity index is 1.91. The van der Waals surface area contributed by atoms with Crippen LogP contribution in [0.5, 0.6) is 0 Å². The average molecular weight is 223 g/mol. The molecule has 1 aromatic heterocycles. The van der Waals surface area contributed by atoms with Gasteiger partial charge in [-0.3, -0.25) is 4.68 Å². The van der Waals surface area contributed by atoms with Crippen LogP contribution in [0.25, 0.3) is 0 Å². The zero-order valence-electron chi connectivity index (χ0n) is 9.97. The lowest BCUT2D eigenvalue weighted by atomic mass is 9.92. The van der Waals surface area contributed by atoms with Crippen molar-refractivity contribution in [2.24, 2.45) is 13.0 Å². The Kier molecular flexibility index (Phi) is 3.93. The summed E-state index contributed by atoms with van der Waals surface area (Å²) in [5.41, 5.74) is 0. The minimum Gasteiger partial charge on any atom is -0.392 e. The molecule has 0 amide bonds. The lowest BCUT2D eigenvalue weighted by Crippen LogP contribution is -2.24. The third kappa shape index (κ3) is 2.82. The number of aliphatic hydroxyl groups excluding tert-OH is 1. The van der Waals surface area contributed by atoms with E-state index in [0.717, 1.165) is 5.82 Å². The summed E-state index contributed by atoms with van der Waals surface area (Å²) in [4.78, 5) is 4.17. The summed E-state index contributed by atoms with van der Waals surface area (Å²) < 4.78 is 1.75. The standard InChI is InChI=1S/C12H21N3O/c1-15-12(13-9-14-15)8-11(16)10-6-4-2-3-5-7-10/h9-11,16H,2-8H2,1H3. The molecule has 1 aliphatic carbocycles. The Morgan fingerprint density at radius 3 is 2.62 bits per heavy atom. The van der Waals surface area contributed by atoms with Gasteiger partial charge in [0.05, 0.1) is 6.10 Å². The number of nitrogens with zero attached hydrogens (tertiary/aromatic N) is 3. The number of rotatable bonds is 3. The highest BCUT2D eigenvalue weighted by molar-refractivity contribution is 4.88. The number of hydrogen-bond acceptors (Lipinski definition) is 3. The Morgan fingerprint density at radius 2 is 2.06 bits per heavy atom. The molecular formula is C12H21N3O. The molecular weight excluding hydrogens is 202 g/mol. The number of aryl methyl sites for hydroxylation is 1. The summed E-state index contributed by atoms with van der Waals surface area (Å²) in [5.74, 6) is 1.34. The van der Waals surface area contributed by atoms with Gasteiger partial charge in [-0.15, -0.1) is 0 Å². The maximum atomic E-state index is 10.2. The molecule has 0 radical (unpaired) electrons. The summed E-state index contributed by atoms with van der Waals surface area (Å²) in [5, 5.41) is 14.2. The van der Waals surface area contributed by atoms with Crippen molar-refractivity contribution < 1.29 is 5.11 Å². The first-order chi connectivity index (χ1) is 7.77. The average Bonchev–Trinajstić information content (AvgIpc) is 2.57. The topological polar surface area (TPSA) is 50.9 Å². The second kappa shape index (κ2) is 5.43. The predicted molar refractivity (Wildman–Crippen MR) is 61.9 cm³/mol. The minimum absolute atomic E-state index is 0.249. The molecule has 0 saturated heterocycles. The van der Waals surface area contributed by atoms with E-state index in [9.17, 15) is 5.11 Å². The molecule has 2 rings (SSSR count). The highest BCUT2D eigenvalue weighted by Crippen LogP contribution is 2.26. The first-order valence-corrected chi connectivity index (χ1v) is 6.28. The van der Waals surface area contributed by atoms with Gasteiger partial charge in [-0.05, 0) is 18.8 Å². The monoisotopic (exact) mass is 223 g/mol. The van der Waals surface area contributed by atoms with Crippen molar-refractivity contribution >= 4 is 0 Å². The van der Waals surface area contributed by atoms with Crippen molar-refractivity contribution in [3.05, 3.63) is 12.2 Å². The Labute approximate surface area is 96.7 Å². The Bertz CT molecular complexity index is 316. The molecule has 0 aromatic carbocycles. The SMILES string of the molecule is Cn1ncnc1CC(O)C1CCCCCC1. The molecule has 1 N–H and O–H groups in total. The largest absolute Gasteiger partial charge is 0.392 e. The third-order valence-corrected chi connectivity index (χ3v) is 3.64. The second-order valence-electron chi connectivity index (χ2n) is 4.82. The molecule has 4 heteroatoms. The van der Waals surface area contributed by atoms with Gasteiger partial charge in [0.2, 0.25) is 0 Å². The van der Waals surface area contributed by atoms with Gasteiger partial charge >= 0.3 is 0 Å². The van der Waals surface area contributed by atoms with Crippen LogP contribution < -0.4 is 0 Å². The van der Waals surface area contributed by atoms with Gasteiger partial charge in [0.15, 0.2) is 0 Å². The number of hydrogen-bond donors (Lipinski definition) is 1. The third-order valence-electron chi connectivity index (χ3n) is 3.64. The predicted octanol–water partition coefficient (Wildman–Crippen LogP) is 1.69. The molecule has 0 aliphatic heterocycles. The van der Waals surface area contributed by atoms with Crippen molar-refractivity contribution in [2.45, 2.75) is 51.0 Å². The lowest BCUT2D eigenvalue weighted by Gasteiger charge is -2.20. The first-order valence-electron chi connectivity index (χ1n) is 6.28. The van der Waals surface area contributed by atoms with Gasteiger partial charge in [0.1, 0.15) is 12.2 Å². The van der Waals surface area contributed by atoms with Gasteiger partial charge in [0, 0.05) is 13.5 Å². The number of aromatic nitrogens is 3. The van der Waals surface area contributed by atoms with Gasteiger partial charge in [0.25, 0.3) is 0 Å². The summed E-state index contributed by atoms with van der Waals surface area (Å²) in [7, 11) is 1.88. The van der Waals surface area contributed by atoms with Crippen LogP contribution in [-0.4, -0.2) is 26.0 Å². The fourth-order valence-electron chi connectivity index (χ4n) is 2.55. The molecule has 90 valence electrons. The van der Waals surface area contributed by atoms with Gasteiger partial charge in [-0.2, -0.15) is 5.10 Å². The second-order valence-corrected chi connectivity index (χ2v) is 4.82. The smallest absolute Gasteiger partial charge is 0.138 e. The number of aliphatic hydroxyl groups is 1. The van der Waals surface area contributed by atoms with Gasteiger partial charge < -0.3 is 5.11 Å². The van der Waals surface area contributed by atoms with Crippen molar-refractivity contribution in [2.75, 3.05) is 0 Å². The van der Waals surface area contributed by atoms with E-state index in [1.54, 1.807) is 11.0 Å². The zero-order chi connectivity index (χ0) is 11.4. The van der Waals surface area contributed by atoms with Gasteiger partial charge in [-0.1, -0.05) is 25.7 Å². The van der Waals surface area contributed by atoms with Crippen molar-refractivity contribution in [3.63, 3.8) is 0 Å². The fourth-order valence-corrected chi connectivity index (χ4v) is 2.55. The Hall–Kier alpha value is -0.900. The van der Waals surface area contributed by atoms with E-state index in [1.807, 2.05) is 7.05 Å². The molecule has 1 saturated carbocycles. The quantitative estimate of drug-likeness (QED) is 0.793. The van der Waals surface area contributed by atoms with E-state index < -0.39 is 0 Å². The summed E-state index contributed by atoms with van der Waals surface area (Å²) >= 11 is 0. The van der Waals surface area contributed by atoms with Crippen LogP contribution in [0.4, 0.5) is 0 Å². The molecule has 4 nitrogen and oxygen atoms in total. The lowest BCUT2D eigenvalue weighted by molar-refractivity contribution is 0.0958. The van der Waals surface area contributed by atoms with E-state index in [-0.39, 0.29) is 6.10 Å². The zero-order valence-corrected chi connectivity index (χ0v) is 9.97. The molecule has 1 aromatic rings. The van der Waals surface area contributed by atoms with Crippen LogP contribution in [0.1, 0.15) is 44.3 Å². The molecule has 1 heterocycles.